The van der Waals surface area contributed by atoms with Crippen molar-refractivity contribution in [3.63, 3.8) is 0 Å². The lowest BCUT2D eigenvalue weighted by molar-refractivity contribution is -0.113. The zero-order chi connectivity index (χ0) is 28.6. The van der Waals surface area contributed by atoms with Gasteiger partial charge in [0.05, 0.1) is 5.56 Å². The molecule has 0 spiro atoms. The van der Waals surface area contributed by atoms with Gasteiger partial charge in [-0.2, -0.15) is 0 Å². The number of rotatable bonds is 13. The highest BCUT2D eigenvalue weighted by Crippen LogP contribution is 2.46. The van der Waals surface area contributed by atoms with Crippen molar-refractivity contribution in [3.8, 4) is 0 Å². The quantitative estimate of drug-likeness (QED) is 0.109. The van der Waals surface area contributed by atoms with Crippen molar-refractivity contribution in [2.75, 3.05) is 5.32 Å². The van der Waals surface area contributed by atoms with Gasteiger partial charge in [-0.25, -0.2) is 4.79 Å². The van der Waals surface area contributed by atoms with Crippen LogP contribution < -0.4 is 5.32 Å². The van der Waals surface area contributed by atoms with Crippen LogP contribution in [0.15, 0.2) is 47.6 Å². The first-order valence-electron chi connectivity index (χ1n) is 14.2. The summed E-state index contributed by atoms with van der Waals surface area (Å²) in [6.45, 7) is 11.1. The Morgan fingerprint density at radius 1 is 0.897 bits per heavy atom. The Hall–Kier alpha value is -3.19. The molecule has 0 saturated carbocycles. The number of carbonyl (C=O) groups is 2. The van der Waals surface area contributed by atoms with Crippen LogP contribution in [0.4, 0.5) is 5.69 Å². The summed E-state index contributed by atoms with van der Waals surface area (Å²) < 4.78 is 0. The van der Waals surface area contributed by atoms with Crippen LogP contribution in [0.1, 0.15) is 119 Å². The Labute approximate surface area is 232 Å². The summed E-state index contributed by atoms with van der Waals surface area (Å²) in [7, 11) is 0. The van der Waals surface area contributed by atoms with Crippen LogP contribution in [0, 0.1) is 0 Å². The van der Waals surface area contributed by atoms with Crippen LogP contribution in [0.25, 0.3) is 0 Å². The number of fused-ring (bicyclic) bond motifs is 1. The third-order valence-corrected chi connectivity index (χ3v) is 7.80. The van der Waals surface area contributed by atoms with Crippen molar-refractivity contribution >= 4 is 23.3 Å². The average molecular weight is 537 g/mol. The number of benzene rings is 2. The van der Waals surface area contributed by atoms with Crippen LogP contribution in [-0.2, 0) is 20.5 Å². The maximum atomic E-state index is 13.4. The Morgan fingerprint density at radius 3 is 2.13 bits per heavy atom. The largest absolute Gasteiger partial charge is 0.478 e. The Bertz CT molecular complexity index is 1170. The van der Waals surface area contributed by atoms with Gasteiger partial charge in [0.1, 0.15) is 0 Å². The molecular formula is C32H44N2O5. The molecule has 0 saturated heterocycles. The van der Waals surface area contributed by atoms with Crippen molar-refractivity contribution in [3.05, 3.63) is 64.7 Å². The summed E-state index contributed by atoms with van der Waals surface area (Å²) >= 11 is 0. The molecule has 1 aliphatic rings. The SMILES string of the molecule is CCCCCCCCC(O)ON=C(C(=O)Nc1ccc(C(=O)O)cc1)c1ccc2c(c1)C(C)(C)CCC2(C)C. The lowest BCUT2D eigenvalue weighted by Crippen LogP contribution is -2.34. The third-order valence-electron chi connectivity index (χ3n) is 7.80. The maximum absolute atomic E-state index is 13.4. The molecule has 2 aromatic carbocycles. The van der Waals surface area contributed by atoms with E-state index in [1.165, 1.54) is 54.7 Å². The topological polar surface area (TPSA) is 108 Å². The molecule has 3 rings (SSSR count). The van der Waals surface area contributed by atoms with Crippen molar-refractivity contribution < 1.29 is 24.6 Å². The van der Waals surface area contributed by atoms with E-state index in [2.05, 4.69) is 51.2 Å². The Morgan fingerprint density at radius 2 is 1.49 bits per heavy atom. The first-order valence-corrected chi connectivity index (χ1v) is 14.2. The Balaban J connectivity index is 1.85. The van der Waals surface area contributed by atoms with Crippen molar-refractivity contribution in [1.29, 1.82) is 0 Å². The lowest BCUT2D eigenvalue weighted by atomic mass is 9.63. The lowest BCUT2D eigenvalue weighted by Gasteiger charge is -2.42. The highest BCUT2D eigenvalue weighted by molar-refractivity contribution is 6.48. The van der Waals surface area contributed by atoms with Crippen molar-refractivity contribution in [1.82, 2.24) is 0 Å². The third kappa shape index (κ3) is 8.15. The minimum absolute atomic E-state index is 0.0264. The van der Waals surface area contributed by atoms with Gasteiger partial charge in [0.25, 0.3) is 5.91 Å². The molecule has 1 atom stereocenters. The summed E-state index contributed by atoms with van der Waals surface area (Å²) in [5, 5.41) is 26.5. The zero-order valence-corrected chi connectivity index (χ0v) is 24.0. The number of carboxylic acid groups (broad SMARTS) is 1. The fraction of sp³-hybridized carbons (Fsp3) is 0.531. The smallest absolute Gasteiger partial charge is 0.335 e. The number of nitrogens with one attached hydrogen (secondary N) is 1. The zero-order valence-electron chi connectivity index (χ0n) is 24.0. The van der Waals surface area contributed by atoms with E-state index in [1.54, 1.807) is 0 Å². The van der Waals surface area contributed by atoms with Crippen LogP contribution in [0.5, 0.6) is 0 Å². The molecule has 0 fully saturated rings. The molecule has 7 heteroatoms. The average Bonchev–Trinajstić information content (AvgIpc) is 2.89. The second kappa shape index (κ2) is 13.2. The molecule has 0 aliphatic heterocycles. The van der Waals surface area contributed by atoms with E-state index in [4.69, 9.17) is 9.94 Å². The number of aromatic carboxylic acids is 1. The molecule has 1 aliphatic carbocycles. The molecule has 7 nitrogen and oxygen atoms in total. The van der Waals surface area contributed by atoms with Gasteiger partial charge in [0, 0.05) is 17.7 Å². The minimum Gasteiger partial charge on any atom is -0.478 e. The van der Waals surface area contributed by atoms with E-state index in [9.17, 15) is 14.7 Å². The van der Waals surface area contributed by atoms with E-state index in [0.29, 0.717) is 17.7 Å². The molecule has 1 amide bonds. The molecule has 212 valence electrons. The standard InChI is InChI=1S/C32H44N2O5/c1-6-7-8-9-10-11-12-27(35)39-34-28(29(36)33-24-16-13-22(14-17-24)30(37)38)23-15-18-25-26(21-23)32(4,5)20-19-31(25,2)3/h13-18,21,27,35H,6-12,19-20H2,1-5H3,(H,33,36)(H,37,38). The number of carbonyl (C=O) groups excluding carboxylic acids is 1. The first kappa shape index (κ1) is 30.4. The van der Waals surface area contributed by atoms with Gasteiger partial charge >= 0.3 is 5.97 Å². The number of aliphatic hydroxyl groups is 1. The van der Waals surface area contributed by atoms with Gasteiger partial charge in [-0.3, -0.25) is 4.79 Å². The number of amides is 1. The van der Waals surface area contributed by atoms with E-state index in [1.807, 2.05) is 12.1 Å². The second-order valence-corrected chi connectivity index (χ2v) is 11.9. The van der Waals surface area contributed by atoms with E-state index in [0.717, 1.165) is 32.1 Å². The molecule has 0 heterocycles. The van der Waals surface area contributed by atoms with E-state index >= 15 is 0 Å². The van der Waals surface area contributed by atoms with Crippen LogP contribution >= 0.6 is 0 Å². The highest BCUT2D eigenvalue weighted by Gasteiger charge is 2.37. The molecule has 0 aromatic heterocycles. The summed E-state index contributed by atoms with van der Waals surface area (Å²) in [6, 6.07) is 11.9. The molecular weight excluding hydrogens is 492 g/mol. The minimum atomic E-state index is -1.11. The molecule has 39 heavy (non-hydrogen) atoms. The van der Waals surface area contributed by atoms with Crippen LogP contribution in [0.3, 0.4) is 0 Å². The van der Waals surface area contributed by atoms with Crippen molar-refractivity contribution in [2.24, 2.45) is 5.16 Å². The number of nitrogens with zero attached hydrogens (tertiary/aromatic N) is 1. The van der Waals surface area contributed by atoms with Gasteiger partial charge < -0.3 is 20.4 Å². The number of hydrogen-bond acceptors (Lipinski definition) is 5. The predicted molar refractivity (Wildman–Crippen MR) is 155 cm³/mol. The fourth-order valence-corrected chi connectivity index (χ4v) is 5.11. The summed E-state index contributed by atoms with van der Waals surface area (Å²) in [5.74, 6) is -1.54. The van der Waals surface area contributed by atoms with Crippen LogP contribution in [0.2, 0.25) is 0 Å². The normalized spacial score (nSPS) is 16.7. The van der Waals surface area contributed by atoms with Gasteiger partial charge in [0.2, 0.25) is 6.29 Å². The maximum Gasteiger partial charge on any atom is 0.335 e. The second-order valence-electron chi connectivity index (χ2n) is 11.9. The van der Waals surface area contributed by atoms with Gasteiger partial charge in [0.15, 0.2) is 5.71 Å². The summed E-state index contributed by atoms with van der Waals surface area (Å²) in [5.41, 5.74) is 3.62. The molecule has 0 radical (unpaired) electrons. The number of hydrogen-bond donors (Lipinski definition) is 3. The van der Waals surface area contributed by atoms with E-state index in [-0.39, 0.29) is 22.1 Å². The summed E-state index contributed by atoms with van der Waals surface area (Å²) in [6.07, 6.45) is 7.98. The molecule has 2 aromatic rings. The van der Waals surface area contributed by atoms with Gasteiger partial charge in [-0.1, -0.05) is 84.0 Å². The van der Waals surface area contributed by atoms with Crippen molar-refractivity contribution in [2.45, 2.75) is 110 Å². The predicted octanol–water partition coefficient (Wildman–Crippen LogP) is 7.16. The van der Waals surface area contributed by atoms with E-state index < -0.39 is 18.2 Å². The molecule has 0 bridgehead atoms. The number of unbranched alkanes of at least 4 members (excludes halogenated alkanes) is 5. The molecule has 1 unspecified atom stereocenters. The van der Waals surface area contributed by atoms with Crippen LogP contribution in [-0.4, -0.2) is 34.1 Å². The fourth-order valence-electron chi connectivity index (χ4n) is 5.11. The summed E-state index contributed by atoms with van der Waals surface area (Å²) in [4.78, 5) is 30.1. The monoisotopic (exact) mass is 536 g/mol. The number of carboxylic acids is 1. The number of aliphatic hydroxyl groups excluding tert-OH is 1. The van der Waals surface area contributed by atoms with Gasteiger partial charge in [-0.15, -0.1) is 0 Å². The first-order chi connectivity index (χ1) is 18.4. The molecule has 3 N–H and O–H groups in total. The number of anilines is 1. The number of oxime groups is 1. The van der Waals surface area contributed by atoms with Gasteiger partial charge in [-0.05, 0) is 71.6 Å². The highest BCUT2D eigenvalue weighted by atomic mass is 16.7. The Kier molecular flexibility index (Phi) is 10.3.